The molecule has 1 aromatic heterocycles. The summed E-state index contributed by atoms with van der Waals surface area (Å²) in [5, 5.41) is 14.2. The summed E-state index contributed by atoms with van der Waals surface area (Å²) < 4.78 is 10.7. The van der Waals surface area contributed by atoms with E-state index in [2.05, 4.69) is 15.2 Å². The minimum atomic E-state index is -0.454. The zero-order valence-corrected chi connectivity index (χ0v) is 22.1. The first-order chi connectivity index (χ1) is 19.4. The van der Waals surface area contributed by atoms with Crippen LogP contribution in [0.5, 0.6) is 5.75 Å². The zero-order chi connectivity index (χ0) is 28.1. The van der Waals surface area contributed by atoms with Crippen LogP contribution in [0.15, 0.2) is 66.9 Å². The third-order valence-electron chi connectivity index (χ3n) is 6.97. The number of rotatable bonds is 9. The summed E-state index contributed by atoms with van der Waals surface area (Å²) in [5.74, 6) is 0.917. The molecule has 12 heteroatoms. The van der Waals surface area contributed by atoms with E-state index in [0.29, 0.717) is 50.0 Å². The Kier molecular flexibility index (Phi) is 7.94. The molecule has 208 valence electrons. The molecule has 12 nitrogen and oxygen atoms in total. The number of hydrogen-bond acceptors (Lipinski definition) is 9. The predicted octanol–water partition coefficient (Wildman–Crippen LogP) is 3.01. The molecule has 0 saturated carbocycles. The lowest BCUT2D eigenvalue weighted by Crippen LogP contribution is -2.47. The van der Waals surface area contributed by atoms with Gasteiger partial charge in [0.1, 0.15) is 11.9 Å². The van der Waals surface area contributed by atoms with Crippen LogP contribution in [0.4, 0.5) is 27.7 Å². The van der Waals surface area contributed by atoms with E-state index < -0.39 is 17.1 Å². The number of aromatic nitrogens is 1. The second-order valence-electron chi connectivity index (χ2n) is 9.54. The summed E-state index contributed by atoms with van der Waals surface area (Å²) in [5.41, 5.74) is 2.54. The van der Waals surface area contributed by atoms with Crippen LogP contribution in [-0.2, 0) is 16.0 Å². The van der Waals surface area contributed by atoms with Gasteiger partial charge in [-0.15, -0.1) is 0 Å². The molecular formula is C28H30N6O6. The van der Waals surface area contributed by atoms with Gasteiger partial charge in [-0.1, -0.05) is 12.1 Å². The number of pyridine rings is 1. The van der Waals surface area contributed by atoms with Crippen molar-refractivity contribution >= 4 is 34.9 Å². The Morgan fingerprint density at radius 3 is 2.52 bits per heavy atom. The lowest BCUT2D eigenvalue weighted by Gasteiger charge is -2.36. The van der Waals surface area contributed by atoms with Crippen LogP contribution in [0, 0.1) is 10.1 Å². The molecule has 40 heavy (non-hydrogen) atoms. The largest absolute Gasteiger partial charge is 0.497 e. The number of amides is 2. The summed E-state index contributed by atoms with van der Waals surface area (Å²) in [7, 11) is 1.58. The second kappa shape index (κ2) is 11.9. The van der Waals surface area contributed by atoms with Crippen molar-refractivity contribution in [2.45, 2.75) is 12.5 Å². The van der Waals surface area contributed by atoms with Gasteiger partial charge in [0.15, 0.2) is 0 Å². The van der Waals surface area contributed by atoms with Crippen LogP contribution in [-0.4, -0.2) is 74.4 Å². The summed E-state index contributed by atoms with van der Waals surface area (Å²) in [6.45, 7) is 3.11. The third kappa shape index (κ3) is 6.06. The number of ether oxygens (including phenoxy) is 2. The fourth-order valence-corrected chi connectivity index (χ4v) is 4.89. The first-order valence-electron chi connectivity index (χ1n) is 13.0. The topological polar surface area (TPSA) is 130 Å². The molecule has 0 bridgehead atoms. The Bertz CT molecular complexity index is 1380. The van der Waals surface area contributed by atoms with E-state index >= 15 is 0 Å². The number of hydrogen-bond donors (Lipinski definition) is 1. The number of cyclic esters (lactones) is 1. The SMILES string of the molecule is COc1cccc(CC(=O)NCC2CN(c3ccc(N4CCN(c5ncccc5[N+](=O)[O-])CC4)cc3)C(=O)O2)c1. The molecule has 0 radical (unpaired) electrons. The number of piperazine rings is 1. The van der Waals surface area contributed by atoms with Gasteiger partial charge in [0.2, 0.25) is 11.7 Å². The summed E-state index contributed by atoms with van der Waals surface area (Å²) in [6.07, 6.45) is 0.865. The number of nitro groups is 1. The van der Waals surface area contributed by atoms with Gasteiger partial charge < -0.3 is 24.6 Å². The maximum absolute atomic E-state index is 12.5. The highest BCUT2D eigenvalue weighted by molar-refractivity contribution is 5.90. The number of benzene rings is 2. The monoisotopic (exact) mass is 546 g/mol. The molecule has 1 N–H and O–H groups in total. The van der Waals surface area contributed by atoms with Crippen LogP contribution >= 0.6 is 0 Å². The lowest BCUT2D eigenvalue weighted by molar-refractivity contribution is -0.384. The average molecular weight is 547 g/mol. The average Bonchev–Trinajstić information content (AvgIpc) is 3.36. The Morgan fingerprint density at radius 2 is 1.80 bits per heavy atom. The van der Waals surface area contributed by atoms with E-state index in [1.54, 1.807) is 24.3 Å². The van der Waals surface area contributed by atoms with Crippen LogP contribution < -0.4 is 24.8 Å². The van der Waals surface area contributed by atoms with Crippen LogP contribution in [0.25, 0.3) is 0 Å². The lowest BCUT2D eigenvalue weighted by atomic mass is 10.1. The van der Waals surface area contributed by atoms with E-state index in [4.69, 9.17) is 9.47 Å². The minimum Gasteiger partial charge on any atom is -0.497 e. The van der Waals surface area contributed by atoms with E-state index in [1.165, 1.54) is 6.07 Å². The highest BCUT2D eigenvalue weighted by atomic mass is 16.6. The summed E-state index contributed by atoms with van der Waals surface area (Å²) in [4.78, 5) is 45.8. The van der Waals surface area contributed by atoms with Crippen molar-refractivity contribution in [1.82, 2.24) is 10.3 Å². The second-order valence-corrected chi connectivity index (χ2v) is 9.54. The number of nitrogens with zero attached hydrogens (tertiary/aromatic N) is 5. The minimum absolute atomic E-state index is 0.00698. The van der Waals surface area contributed by atoms with Crippen molar-refractivity contribution in [3.8, 4) is 5.75 Å². The van der Waals surface area contributed by atoms with Crippen molar-refractivity contribution in [1.29, 1.82) is 0 Å². The molecular weight excluding hydrogens is 516 g/mol. The fourth-order valence-electron chi connectivity index (χ4n) is 4.89. The molecule has 1 unspecified atom stereocenters. The molecule has 2 amide bonds. The van der Waals surface area contributed by atoms with Crippen molar-refractivity contribution in [3.63, 3.8) is 0 Å². The molecule has 0 aliphatic carbocycles. The van der Waals surface area contributed by atoms with E-state index in [0.717, 1.165) is 11.3 Å². The molecule has 3 heterocycles. The molecule has 2 aromatic carbocycles. The normalized spacial score (nSPS) is 17.0. The van der Waals surface area contributed by atoms with E-state index in [9.17, 15) is 19.7 Å². The first kappa shape index (κ1) is 26.7. The van der Waals surface area contributed by atoms with Crippen LogP contribution in [0.3, 0.4) is 0 Å². The Morgan fingerprint density at radius 1 is 1.07 bits per heavy atom. The first-order valence-corrected chi connectivity index (χ1v) is 13.0. The van der Waals surface area contributed by atoms with Crippen LogP contribution in [0.1, 0.15) is 5.56 Å². The quantitative estimate of drug-likeness (QED) is 0.318. The number of carbonyl (C=O) groups is 2. The third-order valence-corrected chi connectivity index (χ3v) is 6.97. The maximum atomic E-state index is 12.5. The van der Waals surface area contributed by atoms with Crippen molar-refractivity contribution < 1.29 is 24.0 Å². The van der Waals surface area contributed by atoms with Gasteiger partial charge in [-0.3, -0.25) is 19.8 Å². The molecule has 1 atom stereocenters. The van der Waals surface area contributed by atoms with Crippen molar-refractivity contribution in [3.05, 3.63) is 82.5 Å². The van der Waals surface area contributed by atoms with Gasteiger partial charge >= 0.3 is 11.8 Å². The maximum Gasteiger partial charge on any atom is 0.414 e. The molecule has 0 spiro atoms. The fraction of sp³-hybridized carbons (Fsp3) is 0.321. The highest BCUT2D eigenvalue weighted by Crippen LogP contribution is 2.28. The van der Waals surface area contributed by atoms with Gasteiger partial charge in [0, 0.05) is 49.8 Å². The van der Waals surface area contributed by atoms with Gasteiger partial charge in [-0.25, -0.2) is 9.78 Å². The predicted molar refractivity (Wildman–Crippen MR) is 149 cm³/mol. The number of anilines is 3. The Balaban J connectivity index is 1.12. The van der Waals surface area contributed by atoms with E-state index in [1.807, 2.05) is 53.4 Å². The van der Waals surface area contributed by atoms with E-state index in [-0.39, 0.29) is 24.6 Å². The number of carbonyl (C=O) groups excluding carboxylic acids is 2. The summed E-state index contributed by atoms with van der Waals surface area (Å²) >= 11 is 0. The smallest absolute Gasteiger partial charge is 0.414 e. The molecule has 5 rings (SSSR count). The Hall–Kier alpha value is -4.87. The molecule has 3 aromatic rings. The summed E-state index contributed by atoms with van der Waals surface area (Å²) in [6, 6.07) is 18.0. The zero-order valence-electron chi connectivity index (χ0n) is 22.1. The van der Waals surface area contributed by atoms with Gasteiger partial charge in [0.25, 0.3) is 0 Å². The van der Waals surface area contributed by atoms with Gasteiger partial charge in [-0.05, 0) is 48.0 Å². The standard InChI is InChI=1S/C28H30N6O6/c1-39-23-5-2-4-20(16-23)17-26(35)30-18-24-19-33(28(36)40-24)22-9-7-21(8-10-22)31-12-14-32(15-13-31)27-25(34(37)38)6-3-11-29-27/h2-11,16,24H,12-15,17-19H2,1H3,(H,30,35). The van der Waals surface area contributed by atoms with Crippen molar-refractivity contribution in [2.24, 2.45) is 0 Å². The molecule has 2 fully saturated rings. The Labute approximate surface area is 231 Å². The van der Waals surface area contributed by atoms with Gasteiger partial charge in [0.05, 0.1) is 31.5 Å². The number of methoxy groups -OCH3 is 1. The van der Waals surface area contributed by atoms with Crippen molar-refractivity contribution in [2.75, 3.05) is 61.1 Å². The molecule has 2 aliphatic heterocycles. The van der Waals surface area contributed by atoms with Gasteiger partial charge in [-0.2, -0.15) is 0 Å². The molecule has 2 saturated heterocycles. The number of nitrogens with one attached hydrogen (secondary N) is 1. The molecule has 2 aliphatic rings. The highest BCUT2D eigenvalue weighted by Gasteiger charge is 2.33. The van der Waals surface area contributed by atoms with Crippen LogP contribution in [0.2, 0.25) is 0 Å².